The molecule has 0 amide bonds. The molecule has 0 aliphatic heterocycles. The predicted molar refractivity (Wildman–Crippen MR) is 48.3 cm³/mol. The maximum absolute atomic E-state index is 11.4. The van der Waals surface area contributed by atoms with Crippen LogP contribution < -0.4 is 5.56 Å². The molecule has 0 atom stereocenters. The molecule has 1 rings (SSSR count). The minimum absolute atomic E-state index is 0.00810. The summed E-state index contributed by atoms with van der Waals surface area (Å²) in [5, 5.41) is 8.48. The Morgan fingerprint density at radius 3 is 2.64 bits per heavy atom. The van der Waals surface area contributed by atoms with E-state index in [4.69, 9.17) is 5.11 Å². The van der Waals surface area contributed by atoms with E-state index in [-0.39, 0.29) is 11.3 Å². The summed E-state index contributed by atoms with van der Waals surface area (Å²) in [6.45, 7) is 0.835. The van der Waals surface area contributed by atoms with E-state index in [0.29, 0.717) is 0 Å². The molecule has 0 aliphatic carbocycles. The van der Waals surface area contributed by atoms with Crippen molar-refractivity contribution in [2.45, 2.75) is 13.5 Å². The highest BCUT2D eigenvalue weighted by atomic mass is 16.4. The molecular formula is C9H9NO4. The maximum atomic E-state index is 11.4. The topological polar surface area (TPSA) is 76.4 Å². The molecular weight excluding hydrogens is 186 g/mol. The van der Waals surface area contributed by atoms with Crippen molar-refractivity contribution in [1.29, 1.82) is 0 Å². The summed E-state index contributed by atoms with van der Waals surface area (Å²) in [4.78, 5) is 32.7. The number of rotatable bonds is 3. The Bertz CT molecular complexity index is 433. The molecule has 1 aromatic rings. The van der Waals surface area contributed by atoms with Gasteiger partial charge in [0.2, 0.25) is 0 Å². The Morgan fingerprint density at radius 1 is 1.50 bits per heavy atom. The molecule has 0 saturated heterocycles. The number of carboxylic acid groups (broad SMARTS) is 1. The van der Waals surface area contributed by atoms with E-state index in [0.717, 1.165) is 4.57 Å². The van der Waals surface area contributed by atoms with E-state index in [1.54, 1.807) is 0 Å². The van der Waals surface area contributed by atoms with Crippen molar-refractivity contribution in [1.82, 2.24) is 4.57 Å². The van der Waals surface area contributed by atoms with Crippen molar-refractivity contribution in [3.8, 4) is 0 Å². The monoisotopic (exact) mass is 195 g/mol. The van der Waals surface area contributed by atoms with Gasteiger partial charge in [-0.3, -0.25) is 14.4 Å². The fourth-order valence-corrected chi connectivity index (χ4v) is 1.08. The molecule has 0 radical (unpaired) electrons. The minimum atomic E-state index is -1.12. The zero-order chi connectivity index (χ0) is 10.7. The lowest BCUT2D eigenvalue weighted by atomic mass is 10.2. The first kappa shape index (κ1) is 10.2. The van der Waals surface area contributed by atoms with Gasteiger partial charge in [-0.15, -0.1) is 0 Å². The molecule has 0 saturated carbocycles. The Morgan fingerprint density at radius 2 is 2.14 bits per heavy atom. The summed E-state index contributed by atoms with van der Waals surface area (Å²) in [6, 6.07) is 2.85. The molecule has 0 aliphatic rings. The molecule has 0 unspecified atom stereocenters. The summed E-state index contributed by atoms with van der Waals surface area (Å²) in [7, 11) is 0. The van der Waals surface area contributed by atoms with Crippen LogP contribution in [0.3, 0.4) is 0 Å². The van der Waals surface area contributed by atoms with Gasteiger partial charge in [-0.05, 0) is 19.1 Å². The Labute approximate surface area is 79.6 Å². The van der Waals surface area contributed by atoms with Gasteiger partial charge in [0, 0.05) is 6.20 Å². The van der Waals surface area contributed by atoms with E-state index >= 15 is 0 Å². The van der Waals surface area contributed by atoms with Gasteiger partial charge < -0.3 is 9.67 Å². The second-order valence-electron chi connectivity index (χ2n) is 2.80. The highest BCUT2D eigenvalue weighted by Gasteiger charge is 2.08. The minimum Gasteiger partial charge on any atom is -0.480 e. The first-order valence-electron chi connectivity index (χ1n) is 3.94. The second kappa shape index (κ2) is 3.87. The van der Waals surface area contributed by atoms with E-state index in [2.05, 4.69) is 0 Å². The third-order valence-corrected chi connectivity index (χ3v) is 1.71. The van der Waals surface area contributed by atoms with E-state index in [1.165, 1.54) is 25.3 Å². The largest absolute Gasteiger partial charge is 0.480 e. The highest BCUT2D eigenvalue weighted by molar-refractivity contribution is 5.93. The Kier molecular flexibility index (Phi) is 2.81. The molecule has 5 heteroatoms. The van der Waals surface area contributed by atoms with E-state index in [1.807, 2.05) is 0 Å². The van der Waals surface area contributed by atoms with Crippen LogP contribution in [0.2, 0.25) is 0 Å². The van der Waals surface area contributed by atoms with Crippen LogP contribution in [0.15, 0.2) is 23.1 Å². The van der Waals surface area contributed by atoms with Gasteiger partial charge in [-0.2, -0.15) is 0 Å². The van der Waals surface area contributed by atoms with Crippen LogP contribution in [-0.2, 0) is 11.3 Å². The summed E-state index contributed by atoms with van der Waals surface area (Å²) in [5.74, 6) is -1.48. The second-order valence-corrected chi connectivity index (χ2v) is 2.80. The average molecular weight is 195 g/mol. The predicted octanol–water partition coefficient (Wildman–Crippen LogP) is 0.136. The zero-order valence-corrected chi connectivity index (χ0v) is 7.56. The molecule has 0 fully saturated rings. The number of pyridine rings is 1. The van der Waals surface area contributed by atoms with Gasteiger partial charge >= 0.3 is 5.97 Å². The van der Waals surface area contributed by atoms with Crippen molar-refractivity contribution in [2.75, 3.05) is 0 Å². The van der Waals surface area contributed by atoms with Gasteiger partial charge in [0.25, 0.3) is 5.56 Å². The lowest BCUT2D eigenvalue weighted by Crippen LogP contribution is -2.27. The standard InChI is InChI=1S/C9H9NO4/c1-6(11)7-3-2-4-10(9(7)14)5-8(12)13/h2-4H,5H2,1H3,(H,12,13). The lowest BCUT2D eigenvalue weighted by molar-refractivity contribution is -0.137. The Hall–Kier alpha value is -1.91. The van der Waals surface area contributed by atoms with Crippen molar-refractivity contribution < 1.29 is 14.7 Å². The molecule has 14 heavy (non-hydrogen) atoms. The fourth-order valence-electron chi connectivity index (χ4n) is 1.08. The molecule has 1 aromatic heterocycles. The van der Waals surface area contributed by atoms with Crippen LogP contribution >= 0.6 is 0 Å². The van der Waals surface area contributed by atoms with E-state index < -0.39 is 18.1 Å². The van der Waals surface area contributed by atoms with Gasteiger partial charge in [0.1, 0.15) is 6.54 Å². The summed E-state index contributed by atoms with van der Waals surface area (Å²) >= 11 is 0. The van der Waals surface area contributed by atoms with Gasteiger partial charge in [0.05, 0.1) is 5.56 Å². The number of aromatic nitrogens is 1. The number of carbonyl (C=O) groups is 2. The summed E-state index contributed by atoms with van der Waals surface area (Å²) in [6.07, 6.45) is 1.34. The van der Waals surface area contributed by atoms with Gasteiger partial charge in [0.15, 0.2) is 5.78 Å². The number of hydrogen-bond donors (Lipinski definition) is 1. The van der Waals surface area contributed by atoms with Crippen LogP contribution in [0.5, 0.6) is 0 Å². The van der Waals surface area contributed by atoms with Crippen LogP contribution in [0, 0.1) is 0 Å². The summed E-state index contributed by atoms with van der Waals surface area (Å²) in [5.41, 5.74) is -0.559. The number of Topliss-reactive ketones (excluding diaryl/α,β-unsaturated/α-hetero) is 1. The normalized spacial score (nSPS) is 9.79. The third-order valence-electron chi connectivity index (χ3n) is 1.71. The smallest absolute Gasteiger partial charge is 0.323 e. The van der Waals surface area contributed by atoms with Crippen LogP contribution in [0.1, 0.15) is 17.3 Å². The number of hydrogen-bond acceptors (Lipinski definition) is 3. The van der Waals surface area contributed by atoms with Crippen molar-refractivity contribution in [2.24, 2.45) is 0 Å². The number of ketones is 1. The van der Waals surface area contributed by atoms with Gasteiger partial charge in [-0.1, -0.05) is 0 Å². The molecule has 1 heterocycles. The fraction of sp³-hybridized carbons (Fsp3) is 0.222. The molecule has 74 valence electrons. The molecule has 0 aromatic carbocycles. The van der Waals surface area contributed by atoms with Crippen LogP contribution in [0.25, 0.3) is 0 Å². The maximum Gasteiger partial charge on any atom is 0.323 e. The number of carboxylic acids is 1. The van der Waals surface area contributed by atoms with E-state index in [9.17, 15) is 14.4 Å². The highest BCUT2D eigenvalue weighted by Crippen LogP contribution is 1.93. The zero-order valence-electron chi connectivity index (χ0n) is 7.56. The first-order valence-corrected chi connectivity index (χ1v) is 3.94. The summed E-state index contributed by atoms with van der Waals surface area (Å²) < 4.78 is 0.985. The SMILES string of the molecule is CC(=O)c1cccn(CC(=O)O)c1=O. The quantitative estimate of drug-likeness (QED) is 0.696. The molecule has 1 N–H and O–H groups in total. The third kappa shape index (κ3) is 2.07. The Balaban J connectivity index is 3.21. The number of aliphatic carboxylic acids is 1. The molecule has 5 nitrogen and oxygen atoms in total. The van der Waals surface area contributed by atoms with Crippen molar-refractivity contribution >= 4 is 11.8 Å². The average Bonchev–Trinajstić information content (AvgIpc) is 2.07. The van der Waals surface area contributed by atoms with Gasteiger partial charge in [-0.25, -0.2) is 0 Å². The van der Waals surface area contributed by atoms with Crippen molar-refractivity contribution in [3.05, 3.63) is 34.2 Å². The van der Waals surface area contributed by atoms with Crippen molar-refractivity contribution in [3.63, 3.8) is 0 Å². The number of carbonyl (C=O) groups excluding carboxylic acids is 1. The van der Waals surface area contributed by atoms with Crippen LogP contribution in [0.4, 0.5) is 0 Å². The lowest BCUT2D eigenvalue weighted by Gasteiger charge is -2.02. The molecule has 0 spiro atoms. The number of nitrogens with zero attached hydrogens (tertiary/aromatic N) is 1. The molecule has 0 bridgehead atoms. The first-order chi connectivity index (χ1) is 6.52. The van der Waals surface area contributed by atoms with Crippen LogP contribution in [-0.4, -0.2) is 21.4 Å².